The highest BCUT2D eigenvalue weighted by Crippen LogP contribution is 2.32. The number of pyridine rings is 1. The number of aromatic carboxylic acids is 1. The highest BCUT2D eigenvalue weighted by Gasteiger charge is 2.15. The van der Waals surface area contributed by atoms with E-state index in [0.717, 1.165) is 16.5 Å². The number of carbonyl (C=O) groups is 1. The van der Waals surface area contributed by atoms with Gasteiger partial charge >= 0.3 is 5.97 Å². The zero-order chi connectivity index (χ0) is 12.5. The molecule has 2 aromatic heterocycles. The average Bonchev–Trinajstić information content (AvgIpc) is 2.82. The number of fused-ring (bicyclic) bond motifs is 1. The minimum atomic E-state index is -0.997. The van der Waals surface area contributed by atoms with Crippen LogP contribution in [-0.2, 0) is 0 Å². The molecule has 0 amide bonds. The van der Waals surface area contributed by atoms with E-state index in [1.54, 1.807) is 18.5 Å². The van der Waals surface area contributed by atoms with Crippen molar-refractivity contribution in [3.8, 4) is 11.1 Å². The molecule has 2 heterocycles. The van der Waals surface area contributed by atoms with Crippen LogP contribution < -0.4 is 0 Å². The van der Waals surface area contributed by atoms with Gasteiger partial charge in [0, 0.05) is 28.9 Å². The number of hydrogen-bond donors (Lipinski definition) is 1. The van der Waals surface area contributed by atoms with Crippen LogP contribution in [0.25, 0.3) is 22.1 Å². The van der Waals surface area contributed by atoms with Crippen LogP contribution in [0.1, 0.15) is 10.4 Å². The third-order valence-corrected chi connectivity index (χ3v) is 2.82. The Morgan fingerprint density at radius 1 is 1.17 bits per heavy atom. The first-order valence-corrected chi connectivity index (χ1v) is 5.41. The van der Waals surface area contributed by atoms with Crippen molar-refractivity contribution in [1.29, 1.82) is 0 Å². The summed E-state index contributed by atoms with van der Waals surface area (Å²) in [6, 6.07) is 9.20. The van der Waals surface area contributed by atoms with Gasteiger partial charge in [0.25, 0.3) is 0 Å². The number of nitrogens with zero attached hydrogens (tertiary/aromatic N) is 1. The molecule has 0 unspecified atom stereocenters. The van der Waals surface area contributed by atoms with E-state index in [-0.39, 0.29) is 5.56 Å². The van der Waals surface area contributed by atoms with Crippen LogP contribution in [0.3, 0.4) is 0 Å². The molecule has 0 aliphatic rings. The zero-order valence-corrected chi connectivity index (χ0v) is 9.33. The van der Waals surface area contributed by atoms with Gasteiger partial charge in [0.1, 0.15) is 5.58 Å². The summed E-state index contributed by atoms with van der Waals surface area (Å²) < 4.78 is 5.42. The van der Waals surface area contributed by atoms with E-state index in [9.17, 15) is 4.79 Å². The fourth-order valence-electron chi connectivity index (χ4n) is 1.99. The second-order valence-electron chi connectivity index (χ2n) is 3.87. The second kappa shape index (κ2) is 4.00. The van der Waals surface area contributed by atoms with E-state index in [1.165, 1.54) is 6.20 Å². The van der Waals surface area contributed by atoms with Crippen molar-refractivity contribution >= 4 is 16.9 Å². The van der Waals surface area contributed by atoms with E-state index < -0.39 is 5.97 Å². The number of furan rings is 1. The Bertz CT molecular complexity index is 730. The fraction of sp³-hybridized carbons (Fsp3) is 0. The number of carboxylic acid groups (broad SMARTS) is 1. The summed E-state index contributed by atoms with van der Waals surface area (Å²) in [4.78, 5) is 15.0. The first-order valence-electron chi connectivity index (χ1n) is 5.41. The molecule has 0 bridgehead atoms. The lowest BCUT2D eigenvalue weighted by Gasteiger charge is -2.02. The first-order chi connectivity index (χ1) is 8.77. The molecule has 4 heteroatoms. The summed E-state index contributed by atoms with van der Waals surface area (Å²) >= 11 is 0. The highest BCUT2D eigenvalue weighted by molar-refractivity contribution is 6.02. The van der Waals surface area contributed by atoms with Gasteiger partial charge < -0.3 is 9.52 Å². The topological polar surface area (TPSA) is 63.3 Å². The molecule has 88 valence electrons. The fourth-order valence-corrected chi connectivity index (χ4v) is 1.99. The largest absolute Gasteiger partial charge is 0.478 e. The maximum Gasteiger partial charge on any atom is 0.337 e. The summed E-state index contributed by atoms with van der Waals surface area (Å²) in [5.41, 5.74) is 2.29. The van der Waals surface area contributed by atoms with Gasteiger partial charge in [0.15, 0.2) is 0 Å². The normalized spacial score (nSPS) is 10.7. The molecule has 0 aliphatic heterocycles. The van der Waals surface area contributed by atoms with Gasteiger partial charge in [0.05, 0.1) is 11.8 Å². The Morgan fingerprint density at radius 3 is 2.83 bits per heavy atom. The molecule has 4 nitrogen and oxygen atoms in total. The van der Waals surface area contributed by atoms with Crippen molar-refractivity contribution in [2.45, 2.75) is 0 Å². The molecule has 0 atom stereocenters. The van der Waals surface area contributed by atoms with Crippen molar-refractivity contribution in [1.82, 2.24) is 4.98 Å². The van der Waals surface area contributed by atoms with E-state index in [1.807, 2.05) is 24.3 Å². The number of carboxylic acids is 1. The third kappa shape index (κ3) is 1.55. The predicted octanol–water partition coefficient (Wildman–Crippen LogP) is 3.19. The second-order valence-corrected chi connectivity index (χ2v) is 3.87. The standard InChI is InChI=1S/C14H9NO3/c16-14(17)11-7-15-6-5-9(11)12-8-18-13-4-2-1-3-10(12)13/h1-8H,(H,16,17). The Hall–Kier alpha value is -2.62. The van der Waals surface area contributed by atoms with Gasteiger partial charge in [0.2, 0.25) is 0 Å². The molecular weight excluding hydrogens is 230 g/mol. The molecule has 0 radical (unpaired) electrons. The molecule has 3 aromatic rings. The van der Waals surface area contributed by atoms with Gasteiger partial charge in [-0.2, -0.15) is 0 Å². The number of benzene rings is 1. The van der Waals surface area contributed by atoms with Gasteiger partial charge in [-0.3, -0.25) is 4.98 Å². The summed E-state index contributed by atoms with van der Waals surface area (Å²) in [6.07, 6.45) is 4.50. The summed E-state index contributed by atoms with van der Waals surface area (Å²) in [5.74, 6) is -0.997. The van der Waals surface area contributed by atoms with Crippen LogP contribution >= 0.6 is 0 Å². The quantitative estimate of drug-likeness (QED) is 0.745. The summed E-state index contributed by atoms with van der Waals surface area (Å²) in [6.45, 7) is 0. The third-order valence-electron chi connectivity index (χ3n) is 2.82. The monoisotopic (exact) mass is 239 g/mol. The average molecular weight is 239 g/mol. The molecule has 1 aromatic carbocycles. The van der Waals surface area contributed by atoms with Gasteiger partial charge in [-0.1, -0.05) is 18.2 Å². The van der Waals surface area contributed by atoms with E-state index in [0.29, 0.717) is 5.56 Å². The number of aromatic nitrogens is 1. The van der Waals surface area contributed by atoms with Crippen LogP contribution in [0.4, 0.5) is 0 Å². The van der Waals surface area contributed by atoms with Crippen molar-refractivity contribution < 1.29 is 14.3 Å². The lowest BCUT2D eigenvalue weighted by molar-refractivity contribution is 0.0697. The van der Waals surface area contributed by atoms with E-state index >= 15 is 0 Å². The highest BCUT2D eigenvalue weighted by atomic mass is 16.4. The lowest BCUT2D eigenvalue weighted by Crippen LogP contribution is -1.99. The summed E-state index contributed by atoms with van der Waals surface area (Å²) in [5, 5.41) is 10.1. The molecule has 0 saturated heterocycles. The SMILES string of the molecule is O=C(O)c1cnccc1-c1coc2ccccc12. The van der Waals surface area contributed by atoms with Gasteiger partial charge in [-0.25, -0.2) is 4.79 Å². The van der Waals surface area contributed by atoms with Crippen LogP contribution in [0.15, 0.2) is 53.4 Å². The Morgan fingerprint density at radius 2 is 2.00 bits per heavy atom. The smallest absolute Gasteiger partial charge is 0.337 e. The summed E-state index contributed by atoms with van der Waals surface area (Å²) in [7, 11) is 0. The van der Waals surface area contributed by atoms with E-state index in [2.05, 4.69) is 4.98 Å². The van der Waals surface area contributed by atoms with Crippen LogP contribution in [0, 0.1) is 0 Å². The molecule has 18 heavy (non-hydrogen) atoms. The Balaban J connectivity index is 2.30. The number of hydrogen-bond acceptors (Lipinski definition) is 3. The molecule has 1 N–H and O–H groups in total. The van der Waals surface area contributed by atoms with Gasteiger partial charge in [-0.15, -0.1) is 0 Å². The van der Waals surface area contributed by atoms with Crippen LogP contribution in [0.5, 0.6) is 0 Å². The minimum Gasteiger partial charge on any atom is -0.478 e. The van der Waals surface area contributed by atoms with Crippen LogP contribution in [-0.4, -0.2) is 16.1 Å². The molecule has 3 rings (SSSR count). The minimum absolute atomic E-state index is 0.170. The van der Waals surface area contributed by atoms with Crippen molar-refractivity contribution in [2.75, 3.05) is 0 Å². The van der Waals surface area contributed by atoms with Crippen molar-refractivity contribution in [3.05, 3.63) is 54.6 Å². The molecule has 0 spiro atoms. The number of rotatable bonds is 2. The Kier molecular flexibility index (Phi) is 2.34. The molecular formula is C14H9NO3. The maximum atomic E-state index is 11.2. The molecule has 0 aliphatic carbocycles. The predicted molar refractivity (Wildman–Crippen MR) is 66.4 cm³/mol. The van der Waals surface area contributed by atoms with Crippen LogP contribution in [0.2, 0.25) is 0 Å². The maximum absolute atomic E-state index is 11.2. The van der Waals surface area contributed by atoms with Gasteiger partial charge in [-0.05, 0) is 12.1 Å². The number of para-hydroxylation sites is 1. The zero-order valence-electron chi connectivity index (χ0n) is 9.33. The molecule has 0 fully saturated rings. The van der Waals surface area contributed by atoms with Crippen molar-refractivity contribution in [3.63, 3.8) is 0 Å². The first kappa shape index (κ1) is 10.5. The van der Waals surface area contributed by atoms with E-state index in [4.69, 9.17) is 9.52 Å². The lowest BCUT2D eigenvalue weighted by atomic mass is 10.0. The van der Waals surface area contributed by atoms with Crippen molar-refractivity contribution in [2.24, 2.45) is 0 Å². The Labute approximate surface area is 103 Å². The molecule has 0 saturated carbocycles.